The van der Waals surface area contributed by atoms with E-state index in [1.165, 1.54) is 21.5 Å². The van der Waals surface area contributed by atoms with Crippen LogP contribution < -0.4 is 0 Å². The zero-order chi connectivity index (χ0) is 15.3. The molecule has 108 valence electrons. The van der Waals surface area contributed by atoms with Crippen LogP contribution in [-0.4, -0.2) is 0 Å². The van der Waals surface area contributed by atoms with Crippen molar-refractivity contribution in [3.8, 4) is 4.90 Å². The van der Waals surface area contributed by atoms with Gasteiger partial charge in [0.1, 0.15) is 5.82 Å². The highest BCUT2D eigenvalue weighted by atomic mass is 35.5. The molecule has 0 spiro atoms. The summed E-state index contributed by atoms with van der Waals surface area (Å²) in [5.74, 6) is -0.223. The van der Waals surface area contributed by atoms with Crippen LogP contribution in [0.25, 0.3) is 25.1 Å². The molecule has 0 amide bonds. The molecule has 0 aliphatic carbocycles. The van der Waals surface area contributed by atoms with Crippen molar-refractivity contribution in [2.45, 2.75) is 0 Å². The van der Waals surface area contributed by atoms with Crippen molar-refractivity contribution >= 4 is 53.8 Å². The average Bonchev–Trinajstić information content (AvgIpc) is 2.81. The molecule has 0 saturated heterocycles. The van der Waals surface area contributed by atoms with Gasteiger partial charge in [-0.2, -0.15) is 0 Å². The Hall–Kier alpha value is -1.61. The van der Waals surface area contributed by atoms with Crippen LogP contribution in [0.3, 0.4) is 0 Å². The Kier molecular flexibility index (Phi) is 3.33. The SMILES string of the molecule is Fc1ccc(-[s+]2c3ccc(Cl)cc3c3cc(Cl)ccc32)cc1. The zero-order valence-electron chi connectivity index (χ0n) is 11.3. The lowest BCUT2D eigenvalue weighted by Gasteiger charge is -1.93. The van der Waals surface area contributed by atoms with Gasteiger partial charge in [-0.25, -0.2) is 4.39 Å². The van der Waals surface area contributed by atoms with Crippen LogP contribution in [0.1, 0.15) is 0 Å². The highest BCUT2D eigenvalue weighted by molar-refractivity contribution is 7.50. The van der Waals surface area contributed by atoms with Gasteiger partial charge in [0, 0.05) is 55.6 Å². The van der Waals surface area contributed by atoms with Crippen molar-refractivity contribution < 1.29 is 4.39 Å². The highest BCUT2D eigenvalue weighted by Crippen LogP contribution is 2.49. The second kappa shape index (κ2) is 5.24. The monoisotopic (exact) mass is 347 g/mol. The van der Waals surface area contributed by atoms with Crippen molar-refractivity contribution in [3.63, 3.8) is 0 Å². The van der Waals surface area contributed by atoms with Crippen LogP contribution in [0, 0.1) is 5.82 Å². The molecule has 0 N–H and O–H groups in total. The fourth-order valence-corrected chi connectivity index (χ4v) is 5.41. The molecule has 3 aromatic carbocycles. The van der Waals surface area contributed by atoms with Crippen LogP contribution in [0.5, 0.6) is 0 Å². The highest BCUT2D eigenvalue weighted by Gasteiger charge is 2.24. The van der Waals surface area contributed by atoms with Gasteiger partial charge in [-0.1, -0.05) is 23.2 Å². The first-order valence-electron chi connectivity index (χ1n) is 6.73. The zero-order valence-corrected chi connectivity index (χ0v) is 13.6. The van der Waals surface area contributed by atoms with Gasteiger partial charge < -0.3 is 0 Å². The van der Waals surface area contributed by atoms with Crippen molar-refractivity contribution in [3.05, 3.63) is 76.5 Å². The van der Waals surface area contributed by atoms with Gasteiger partial charge in [0.25, 0.3) is 0 Å². The maximum Gasteiger partial charge on any atom is 0.187 e. The van der Waals surface area contributed by atoms with E-state index in [4.69, 9.17) is 23.2 Å². The molecule has 1 heterocycles. The molecule has 4 rings (SSSR count). The van der Waals surface area contributed by atoms with E-state index in [1.54, 1.807) is 0 Å². The van der Waals surface area contributed by atoms with Crippen LogP contribution in [0.2, 0.25) is 10.0 Å². The van der Waals surface area contributed by atoms with E-state index in [2.05, 4.69) is 12.1 Å². The summed E-state index contributed by atoms with van der Waals surface area (Å²) in [6.45, 7) is 0. The Morgan fingerprint density at radius 1 is 0.682 bits per heavy atom. The first-order valence-corrected chi connectivity index (χ1v) is 8.71. The maximum absolute atomic E-state index is 13.2. The van der Waals surface area contributed by atoms with E-state index in [0.29, 0.717) is 10.0 Å². The van der Waals surface area contributed by atoms with E-state index in [0.717, 1.165) is 15.7 Å². The van der Waals surface area contributed by atoms with Crippen LogP contribution >= 0.6 is 33.7 Å². The third kappa shape index (κ3) is 2.19. The first kappa shape index (κ1) is 14.0. The lowest BCUT2D eigenvalue weighted by Crippen LogP contribution is -1.73. The Morgan fingerprint density at radius 2 is 1.18 bits per heavy atom. The number of halogens is 3. The molecule has 0 aliphatic rings. The second-order valence-corrected chi connectivity index (χ2v) is 7.88. The molecular weight excluding hydrogens is 338 g/mol. The van der Waals surface area contributed by atoms with Crippen LogP contribution in [0.15, 0.2) is 60.7 Å². The summed E-state index contributed by atoms with van der Waals surface area (Å²) < 4.78 is 15.6. The number of hydrogen-bond donors (Lipinski definition) is 0. The van der Waals surface area contributed by atoms with Crippen molar-refractivity contribution in [2.24, 2.45) is 0 Å². The second-order valence-electron chi connectivity index (χ2n) is 5.04. The summed E-state index contributed by atoms with van der Waals surface area (Å²) in [5.41, 5.74) is 0. The quantitative estimate of drug-likeness (QED) is 0.320. The minimum Gasteiger partial charge on any atom is -0.207 e. The van der Waals surface area contributed by atoms with Gasteiger partial charge in [-0.05, 0) is 36.4 Å². The van der Waals surface area contributed by atoms with E-state index < -0.39 is 0 Å². The summed E-state index contributed by atoms with van der Waals surface area (Å²) in [4.78, 5) is 1.09. The van der Waals surface area contributed by atoms with E-state index >= 15 is 0 Å². The maximum atomic E-state index is 13.2. The Balaban J connectivity index is 2.17. The first-order chi connectivity index (χ1) is 10.6. The van der Waals surface area contributed by atoms with E-state index in [-0.39, 0.29) is 16.3 Å². The third-order valence-electron chi connectivity index (χ3n) is 3.66. The molecule has 4 aromatic rings. The number of hydrogen-bond acceptors (Lipinski definition) is 0. The van der Waals surface area contributed by atoms with Crippen molar-refractivity contribution in [2.75, 3.05) is 0 Å². The topological polar surface area (TPSA) is 0 Å². The van der Waals surface area contributed by atoms with Gasteiger partial charge in [0.2, 0.25) is 0 Å². The van der Waals surface area contributed by atoms with Crippen LogP contribution in [-0.2, 0) is 0 Å². The summed E-state index contributed by atoms with van der Waals surface area (Å²) in [6.07, 6.45) is 0. The minimum absolute atomic E-state index is 0.223. The average molecular weight is 348 g/mol. The van der Waals surface area contributed by atoms with Crippen molar-refractivity contribution in [1.29, 1.82) is 0 Å². The molecule has 1 aromatic heterocycles. The number of fused-ring (bicyclic) bond motifs is 3. The van der Waals surface area contributed by atoms with E-state index in [1.807, 2.05) is 36.4 Å². The Labute approximate surface area is 139 Å². The fraction of sp³-hybridized carbons (Fsp3) is 0. The largest absolute Gasteiger partial charge is 0.207 e. The fourth-order valence-electron chi connectivity index (χ4n) is 2.72. The predicted octanol–water partition coefficient (Wildman–Crippen LogP) is 7.18. The van der Waals surface area contributed by atoms with Gasteiger partial charge >= 0.3 is 0 Å². The molecule has 0 fully saturated rings. The van der Waals surface area contributed by atoms with Gasteiger partial charge in [-0.15, -0.1) is 0 Å². The van der Waals surface area contributed by atoms with Gasteiger partial charge in [0.05, 0.1) is 0 Å². The molecular formula is C18H10Cl2FS+. The van der Waals surface area contributed by atoms with E-state index in [9.17, 15) is 4.39 Å². The third-order valence-corrected chi connectivity index (χ3v) is 6.47. The van der Waals surface area contributed by atoms with Crippen LogP contribution in [0.4, 0.5) is 4.39 Å². The lowest BCUT2D eigenvalue weighted by atomic mass is 10.1. The normalized spacial score (nSPS) is 11.4. The number of benzene rings is 3. The molecule has 0 saturated carbocycles. The summed E-state index contributed by atoms with van der Waals surface area (Å²) in [7, 11) is -0.249. The Morgan fingerprint density at radius 3 is 1.68 bits per heavy atom. The molecule has 0 nitrogen and oxygen atoms in total. The van der Waals surface area contributed by atoms with Gasteiger partial charge in [-0.3, -0.25) is 0 Å². The van der Waals surface area contributed by atoms with Crippen molar-refractivity contribution in [1.82, 2.24) is 0 Å². The summed E-state index contributed by atoms with van der Waals surface area (Å²) in [5, 5.41) is 3.62. The molecule has 4 heteroatoms. The standard InChI is InChI=1S/C18H10Cl2FS/c19-11-1-7-17-15(9-11)16-10-12(20)2-8-18(16)22(17)14-5-3-13(21)4-6-14/h1-10H/q+1. The summed E-state index contributed by atoms with van der Waals surface area (Å²) in [6, 6.07) is 18.6. The molecule has 0 aliphatic heterocycles. The van der Waals surface area contributed by atoms with Gasteiger partial charge in [0.15, 0.2) is 14.3 Å². The molecule has 0 unspecified atom stereocenters. The summed E-state index contributed by atoms with van der Waals surface area (Å²) >= 11 is 12.3. The smallest absolute Gasteiger partial charge is 0.187 e. The molecule has 0 bridgehead atoms. The lowest BCUT2D eigenvalue weighted by molar-refractivity contribution is 0.628. The predicted molar refractivity (Wildman–Crippen MR) is 95.2 cm³/mol. The number of thiophene rings is 1. The molecule has 0 atom stereocenters. The Bertz CT molecular complexity index is 944. The number of rotatable bonds is 1. The minimum atomic E-state index is -0.249. The molecule has 0 radical (unpaired) electrons. The molecule has 22 heavy (non-hydrogen) atoms.